The number of carboxylic acid groups (broad SMARTS) is 1. The Labute approximate surface area is 115 Å². The summed E-state index contributed by atoms with van der Waals surface area (Å²) in [6, 6.07) is 0. The van der Waals surface area contributed by atoms with E-state index in [0.29, 0.717) is 13.1 Å². The molecule has 0 aliphatic heterocycles. The molecule has 0 aromatic heterocycles. The van der Waals surface area contributed by atoms with Crippen LogP contribution < -0.4 is 0 Å². The highest BCUT2D eigenvalue weighted by molar-refractivity contribution is 5.91. The van der Waals surface area contributed by atoms with Gasteiger partial charge in [-0.05, 0) is 39.4 Å². The molecule has 1 amide bonds. The smallest absolute Gasteiger partial charge is 0.307 e. The highest BCUT2D eigenvalue weighted by Crippen LogP contribution is 2.59. The number of hydrogen-bond donors (Lipinski definition) is 1. The zero-order valence-corrected chi connectivity index (χ0v) is 12.6. The third-order valence-electron chi connectivity index (χ3n) is 4.09. The molecule has 0 spiro atoms. The van der Waals surface area contributed by atoms with E-state index in [1.807, 2.05) is 34.9 Å². The summed E-state index contributed by atoms with van der Waals surface area (Å²) in [6.07, 6.45) is 0.914. The quantitative estimate of drug-likeness (QED) is 0.753. The number of hydrogen-bond acceptors (Lipinski definition) is 3. The summed E-state index contributed by atoms with van der Waals surface area (Å²) < 4.78 is 0. The maximum absolute atomic E-state index is 12.4. The maximum atomic E-state index is 12.4. The predicted molar refractivity (Wildman–Crippen MR) is 73.8 cm³/mol. The van der Waals surface area contributed by atoms with E-state index in [1.54, 1.807) is 4.90 Å². The second-order valence-corrected chi connectivity index (χ2v) is 6.19. The van der Waals surface area contributed by atoms with Gasteiger partial charge >= 0.3 is 5.97 Å². The standard InChI is InChI=1S/C14H26N2O3/c1-6-16(9-7-8-15(4)5)12(17)10-11(13(18)19)14(10,2)3/h10-11H,6-9H2,1-5H3,(H,18,19). The summed E-state index contributed by atoms with van der Waals surface area (Å²) in [5.41, 5.74) is -0.405. The summed E-state index contributed by atoms with van der Waals surface area (Å²) in [4.78, 5) is 27.4. The lowest BCUT2D eigenvalue weighted by atomic mass is 10.1. The first kappa shape index (κ1) is 16.0. The highest BCUT2D eigenvalue weighted by Gasteiger charge is 2.66. The molecule has 1 aliphatic rings. The fraction of sp³-hybridized carbons (Fsp3) is 0.857. The van der Waals surface area contributed by atoms with Gasteiger partial charge in [0.25, 0.3) is 0 Å². The van der Waals surface area contributed by atoms with Crippen molar-refractivity contribution in [3.8, 4) is 0 Å². The highest BCUT2D eigenvalue weighted by atomic mass is 16.4. The molecule has 1 saturated carbocycles. The van der Waals surface area contributed by atoms with Crippen LogP contribution in [0.15, 0.2) is 0 Å². The van der Waals surface area contributed by atoms with Crippen molar-refractivity contribution in [3.05, 3.63) is 0 Å². The van der Waals surface area contributed by atoms with Gasteiger partial charge in [-0.25, -0.2) is 0 Å². The van der Waals surface area contributed by atoms with Crippen molar-refractivity contribution in [1.29, 1.82) is 0 Å². The van der Waals surface area contributed by atoms with Crippen molar-refractivity contribution in [1.82, 2.24) is 9.80 Å². The van der Waals surface area contributed by atoms with Gasteiger partial charge in [0.2, 0.25) is 5.91 Å². The first-order valence-corrected chi connectivity index (χ1v) is 6.89. The van der Waals surface area contributed by atoms with Gasteiger partial charge in [-0.3, -0.25) is 9.59 Å². The van der Waals surface area contributed by atoms with E-state index in [1.165, 1.54) is 0 Å². The van der Waals surface area contributed by atoms with Crippen LogP contribution in [0.1, 0.15) is 27.2 Å². The van der Waals surface area contributed by atoms with E-state index in [4.69, 9.17) is 5.11 Å². The molecule has 1 N–H and O–H groups in total. The Kier molecular flexibility index (Phi) is 4.96. The molecule has 0 aromatic carbocycles. The molecular formula is C14H26N2O3. The van der Waals surface area contributed by atoms with Crippen molar-refractivity contribution >= 4 is 11.9 Å². The number of amides is 1. The number of carboxylic acids is 1. The lowest BCUT2D eigenvalue weighted by molar-refractivity contribution is -0.142. The van der Waals surface area contributed by atoms with Gasteiger partial charge in [0.05, 0.1) is 11.8 Å². The molecule has 0 radical (unpaired) electrons. The number of carbonyl (C=O) groups is 2. The van der Waals surface area contributed by atoms with Crippen LogP contribution in [0.25, 0.3) is 0 Å². The maximum Gasteiger partial charge on any atom is 0.307 e. The van der Waals surface area contributed by atoms with E-state index < -0.39 is 17.3 Å². The number of nitrogens with zero attached hydrogens (tertiary/aromatic N) is 2. The molecular weight excluding hydrogens is 244 g/mol. The van der Waals surface area contributed by atoms with Crippen molar-refractivity contribution in [3.63, 3.8) is 0 Å². The Bertz CT molecular complexity index is 353. The number of rotatable bonds is 7. The van der Waals surface area contributed by atoms with Gasteiger partial charge in [0, 0.05) is 13.1 Å². The van der Waals surface area contributed by atoms with Crippen LogP contribution >= 0.6 is 0 Å². The van der Waals surface area contributed by atoms with Crippen molar-refractivity contribution in [2.45, 2.75) is 27.2 Å². The van der Waals surface area contributed by atoms with Crippen LogP contribution in [0.5, 0.6) is 0 Å². The third kappa shape index (κ3) is 3.47. The topological polar surface area (TPSA) is 60.9 Å². The van der Waals surface area contributed by atoms with Gasteiger partial charge in [0.1, 0.15) is 0 Å². The minimum Gasteiger partial charge on any atom is -0.481 e. The first-order chi connectivity index (χ1) is 8.73. The summed E-state index contributed by atoms with van der Waals surface area (Å²) in [5, 5.41) is 9.13. The largest absolute Gasteiger partial charge is 0.481 e. The Morgan fingerprint density at radius 1 is 1.16 bits per heavy atom. The van der Waals surface area contributed by atoms with Crippen molar-refractivity contribution in [2.75, 3.05) is 33.7 Å². The summed E-state index contributed by atoms with van der Waals surface area (Å²) in [7, 11) is 4.01. The van der Waals surface area contributed by atoms with Crippen molar-refractivity contribution < 1.29 is 14.7 Å². The molecule has 1 fully saturated rings. The molecule has 110 valence electrons. The molecule has 5 nitrogen and oxygen atoms in total. The molecule has 2 atom stereocenters. The number of carbonyl (C=O) groups excluding carboxylic acids is 1. The lowest BCUT2D eigenvalue weighted by Crippen LogP contribution is -2.35. The Morgan fingerprint density at radius 3 is 2.11 bits per heavy atom. The fourth-order valence-corrected chi connectivity index (χ4v) is 2.76. The Hall–Kier alpha value is -1.10. The monoisotopic (exact) mass is 270 g/mol. The predicted octanol–water partition coefficient (Wildman–Crippen LogP) is 1.14. The van der Waals surface area contributed by atoms with E-state index in [2.05, 4.69) is 4.90 Å². The van der Waals surface area contributed by atoms with Crippen LogP contribution in [0.2, 0.25) is 0 Å². The van der Waals surface area contributed by atoms with Crippen LogP contribution in [0.3, 0.4) is 0 Å². The molecule has 2 unspecified atom stereocenters. The van der Waals surface area contributed by atoms with E-state index in [9.17, 15) is 9.59 Å². The van der Waals surface area contributed by atoms with Gasteiger partial charge in [-0.1, -0.05) is 13.8 Å². The molecule has 1 aliphatic carbocycles. The second kappa shape index (κ2) is 5.90. The van der Waals surface area contributed by atoms with E-state index >= 15 is 0 Å². The zero-order valence-electron chi connectivity index (χ0n) is 12.6. The SMILES string of the molecule is CCN(CCCN(C)C)C(=O)C1C(C(=O)O)C1(C)C. The second-order valence-electron chi connectivity index (χ2n) is 6.19. The minimum absolute atomic E-state index is 0.00124. The molecule has 0 bridgehead atoms. The molecule has 1 rings (SSSR count). The van der Waals surface area contributed by atoms with Crippen LogP contribution in [0.4, 0.5) is 0 Å². The van der Waals surface area contributed by atoms with Crippen LogP contribution in [0, 0.1) is 17.3 Å². The van der Waals surface area contributed by atoms with Gasteiger partial charge in [0.15, 0.2) is 0 Å². The van der Waals surface area contributed by atoms with Gasteiger partial charge in [-0.15, -0.1) is 0 Å². The molecule has 0 aromatic rings. The third-order valence-corrected chi connectivity index (χ3v) is 4.09. The summed E-state index contributed by atoms with van der Waals surface area (Å²) in [6.45, 7) is 7.94. The Morgan fingerprint density at radius 2 is 1.74 bits per heavy atom. The molecule has 0 heterocycles. The van der Waals surface area contributed by atoms with Crippen LogP contribution in [-0.2, 0) is 9.59 Å². The summed E-state index contributed by atoms with van der Waals surface area (Å²) in [5.74, 6) is -1.74. The molecule has 5 heteroatoms. The summed E-state index contributed by atoms with van der Waals surface area (Å²) >= 11 is 0. The normalized spacial score (nSPS) is 24.3. The van der Waals surface area contributed by atoms with Crippen molar-refractivity contribution in [2.24, 2.45) is 17.3 Å². The van der Waals surface area contributed by atoms with Gasteiger partial charge in [-0.2, -0.15) is 0 Å². The van der Waals surface area contributed by atoms with Gasteiger partial charge < -0.3 is 14.9 Å². The Balaban J connectivity index is 2.58. The zero-order chi connectivity index (χ0) is 14.8. The van der Waals surface area contributed by atoms with Crippen LogP contribution in [-0.4, -0.2) is 60.5 Å². The average molecular weight is 270 g/mol. The number of aliphatic carboxylic acids is 1. The fourth-order valence-electron chi connectivity index (χ4n) is 2.76. The average Bonchev–Trinajstić information content (AvgIpc) is 2.86. The molecule has 19 heavy (non-hydrogen) atoms. The first-order valence-electron chi connectivity index (χ1n) is 6.89. The van der Waals surface area contributed by atoms with E-state index in [-0.39, 0.29) is 11.8 Å². The molecule has 0 saturated heterocycles. The minimum atomic E-state index is -0.854. The lowest BCUT2D eigenvalue weighted by Gasteiger charge is -2.22. The van der Waals surface area contributed by atoms with E-state index in [0.717, 1.165) is 13.0 Å².